The molecule has 6 nitrogen and oxygen atoms in total. The predicted molar refractivity (Wildman–Crippen MR) is 88.1 cm³/mol. The molecule has 3 rings (SSSR count). The zero-order valence-electron chi connectivity index (χ0n) is 13.4. The van der Waals surface area contributed by atoms with E-state index in [1.165, 1.54) is 0 Å². The van der Waals surface area contributed by atoms with Crippen LogP contribution < -0.4 is 4.74 Å². The molecule has 1 unspecified atom stereocenters. The van der Waals surface area contributed by atoms with E-state index in [-0.39, 0.29) is 6.10 Å². The van der Waals surface area contributed by atoms with Crippen molar-refractivity contribution in [1.82, 2.24) is 14.7 Å². The summed E-state index contributed by atoms with van der Waals surface area (Å²) < 4.78 is 18.1. The molecule has 1 atom stereocenters. The molecule has 1 aromatic heterocycles. The van der Waals surface area contributed by atoms with Crippen LogP contribution in [0.5, 0.6) is 5.75 Å². The molecular formula is C16H21N3O3S. The van der Waals surface area contributed by atoms with Crippen molar-refractivity contribution in [3.63, 3.8) is 0 Å². The van der Waals surface area contributed by atoms with Gasteiger partial charge in [0.05, 0.1) is 32.9 Å². The summed E-state index contributed by atoms with van der Waals surface area (Å²) in [6.07, 6.45) is 0.851. The van der Waals surface area contributed by atoms with E-state index in [9.17, 15) is 0 Å². The SMILES string of the molecule is COc1ccc(Cc2nn(CN3CCOC(C)C3)c(=S)o2)cc1. The molecule has 2 aromatic rings. The molecule has 1 aromatic carbocycles. The van der Waals surface area contributed by atoms with Gasteiger partial charge in [-0.2, -0.15) is 0 Å². The van der Waals surface area contributed by atoms with E-state index in [1.54, 1.807) is 11.8 Å². The van der Waals surface area contributed by atoms with E-state index >= 15 is 0 Å². The van der Waals surface area contributed by atoms with E-state index < -0.39 is 0 Å². The minimum Gasteiger partial charge on any atom is -0.497 e. The molecule has 0 bridgehead atoms. The van der Waals surface area contributed by atoms with Gasteiger partial charge in [-0.05, 0) is 36.8 Å². The first-order valence-corrected chi connectivity index (χ1v) is 8.08. The minimum atomic E-state index is 0.239. The van der Waals surface area contributed by atoms with Crippen molar-refractivity contribution in [1.29, 1.82) is 0 Å². The highest BCUT2D eigenvalue weighted by atomic mass is 32.1. The van der Waals surface area contributed by atoms with Gasteiger partial charge in [-0.1, -0.05) is 12.1 Å². The Kier molecular flexibility index (Phi) is 5.09. The van der Waals surface area contributed by atoms with Crippen molar-refractivity contribution in [2.75, 3.05) is 26.8 Å². The Hall–Kier alpha value is -1.70. The lowest BCUT2D eigenvalue weighted by molar-refractivity contribution is -0.0309. The molecule has 0 saturated carbocycles. The number of rotatable bonds is 5. The van der Waals surface area contributed by atoms with Gasteiger partial charge in [-0.15, -0.1) is 5.10 Å². The monoisotopic (exact) mass is 335 g/mol. The zero-order chi connectivity index (χ0) is 16.2. The van der Waals surface area contributed by atoms with Crippen LogP contribution in [0.15, 0.2) is 28.7 Å². The molecule has 0 aliphatic carbocycles. The Morgan fingerprint density at radius 1 is 1.35 bits per heavy atom. The molecule has 7 heteroatoms. The third-order valence-corrected chi connectivity index (χ3v) is 4.12. The second-order valence-electron chi connectivity index (χ2n) is 5.69. The lowest BCUT2D eigenvalue weighted by Crippen LogP contribution is -2.42. The van der Waals surface area contributed by atoms with Gasteiger partial charge in [0, 0.05) is 13.1 Å². The van der Waals surface area contributed by atoms with Crippen LogP contribution in [0.2, 0.25) is 0 Å². The summed E-state index contributed by atoms with van der Waals surface area (Å²) in [5.74, 6) is 1.46. The van der Waals surface area contributed by atoms with Gasteiger partial charge >= 0.3 is 0 Å². The number of benzene rings is 1. The fourth-order valence-electron chi connectivity index (χ4n) is 2.64. The first kappa shape index (κ1) is 16.2. The highest BCUT2D eigenvalue weighted by Gasteiger charge is 2.18. The first-order valence-electron chi connectivity index (χ1n) is 7.68. The normalized spacial score (nSPS) is 19.0. The smallest absolute Gasteiger partial charge is 0.288 e. The van der Waals surface area contributed by atoms with Crippen molar-refractivity contribution in [3.8, 4) is 5.75 Å². The van der Waals surface area contributed by atoms with Gasteiger partial charge in [0.15, 0.2) is 0 Å². The average molecular weight is 335 g/mol. The summed E-state index contributed by atoms with van der Waals surface area (Å²) in [6, 6.07) is 7.85. The van der Waals surface area contributed by atoms with Crippen LogP contribution in [0.25, 0.3) is 0 Å². The van der Waals surface area contributed by atoms with Gasteiger partial charge in [-0.3, -0.25) is 4.90 Å². The molecule has 1 saturated heterocycles. The van der Waals surface area contributed by atoms with Crippen LogP contribution in [-0.2, 0) is 17.8 Å². The quantitative estimate of drug-likeness (QED) is 0.783. The molecule has 1 aliphatic heterocycles. The van der Waals surface area contributed by atoms with Gasteiger partial charge in [0.25, 0.3) is 4.84 Å². The molecule has 23 heavy (non-hydrogen) atoms. The highest BCUT2D eigenvalue weighted by molar-refractivity contribution is 7.71. The minimum absolute atomic E-state index is 0.239. The van der Waals surface area contributed by atoms with E-state index in [2.05, 4.69) is 16.9 Å². The van der Waals surface area contributed by atoms with Crippen molar-refractivity contribution in [3.05, 3.63) is 40.6 Å². The average Bonchev–Trinajstić information content (AvgIpc) is 2.87. The second kappa shape index (κ2) is 7.25. The van der Waals surface area contributed by atoms with Gasteiger partial charge in [0.1, 0.15) is 5.75 Å². The van der Waals surface area contributed by atoms with E-state index in [0.717, 1.165) is 31.0 Å². The molecule has 0 N–H and O–H groups in total. The van der Waals surface area contributed by atoms with E-state index in [1.807, 2.05) is 24.3 Å². The zero-order valence-corrected chi connectivity index (χ0v) is 14.2. The Balaban J connectivity index is 1.66. The highest BCUT2D eigenvalue weighted by Crippen LogP contribution is 2.15. The van der Waals surface area contributed by atoms with Crippen molar-refractivity contribution in [2.45, 2.75) is 26.1 Å². The number of hydrogen-bond acceptors (Lipinski definition) is 6. The van der Waals surface area contributed by atoms with Crippen LogP contribution >= 0.6 is 12.2 Å². The fourth-order valence-corrected chi connectivity index (χ4v) is 2.83. The number of aromatic nitrogens is 2. The Bertz CT molecular complexity index is 695. The number of methoxy groups -OCH3 is 1. The molecule has 0 spiro atoms. The van der Waals surface area contributed by atoms with E-state index in [0.29, 0.717) is 23.8 Å². The lowest BCUT2D eigenvalue weighted by Gasteiger charge is -2.30. The number of hydrogen-bond donors (Lipinski definition) is 0. The first-order chi connectivity index (χ1) is 11.1. The standard InChI is InChI=1S/C16H21N3O3S/c1-12-10-18(7-8-21-12)11-19-16(23)22-15(17-19)9-13-3-5-14(20-2)6-4-13/h3-6,12H,7-11H2,1-2H3. The van der Waals surface area contributed by atoms with Crippen molar-refractivity contribution in [2.24, 2.45) is 0 Å². The molecule has 0 radical (unpaired) electrons. The molecule has 0 amide bonds. The third kappa shape index (κ3) is 4.19. The Morgan fingerprint density at radius 3 is 2.83 bits per heavy atom. The Labute approximate surface area is 140 Å². The number of ether oxygens (including phenoxy) is 2. The van der Waals surface area contributed by atoms with Crippen LogP contribution in [0.3, 0.4) is 0 Å². The lowest BCUT2D eigenvalue weighted by atomic mass is 10.1. The van der Waals surface area contributed by atoms with Gasteiger partial charge in [0.2, 0.25) is 5.89 Å². The van der Waals surface area contributed by atoms with Crippen molar-refractivity contribution < 1.29 is 13.9 Å². The molecular weight excluding hydrogens is 314 g/mol. The summed E-state index contributed by atoms with van der Waals surface area (Å²) in [5, 5.41) is 4.50. The summed E-state index contributed by atoms with van der Waals surface area (Å²) in [7, 11) is 1.65. The van der Waals surface area contributed by atoms with Gasteiger partial charge in [-0.25, -0.2) is 4.68 Å². The predicted octanol–water partition coefficient (Wildman–Crippen LogP) is 2.48. The molecule has 124 valence electrons. The maximum atomic E-state index is 5.62. The van der Waals surface area contributed by atoms with E-state index in [4.69, 9.17) is 26.1 Å². The molecule has 1 aliphatic rings. The largest absolute Gasteiger partial charge is 0.497 e. The number of morpholine rings is 1. The van der Waals surface area contributed by atoms with Crippen LogP contribution in [0.4, 0.5) is 0 Å². The second-order valence-corrected chi connectivity index (χ2v) is 6.04. The maximum Gasteiger partial charge on any atom is 0.288 e. The number of nitrogens with zero attached hydrogens (tertiary/aromatic N) is 3. The topological polar surface area (TPSA) is 52.7 Å². The summed E-state index contributed by atoms with van der Waals surface area (Å²) in [6.45, 7) is 5.21. The maximum absolute atomic E-state index is 5.62. The molecule has 2 heterocycles. The van der Waals surface area contributed by atoms with Gasteiger partial charge < -0.3 is 13.9 Å². The van der Waals surface area contributed by atoms with Crippen LogP contribution in [-0.4, -0.2) is 47.6 Å². The van der Waals surface area contributed by atoms with Crippen molar-refractivity contribution >= 4 is 12.2 Å². The summed E-state index contributed by atoms with van der Waals surface area (Å²) in [4.78, 5) is 2.68. The van der Waals surface area contributed by atoms with Crippen LogP contribution in [0.1, 0.15) is 18.4 Å². The summed E-state index contributed by atoms with van der Waals surface area (Å²) >= 11 is 5.28. The molecule has 1 fully saturated rings. The fraction of sp³-hybridized carbons (Fsp3) is 0.500. The third-order valence-electron chi connectivity index (χ3n) is 3.82. The van der Waals surface area contributed by atoms with Crippen LogP contribution in [0, 0.1) is 4.84 Å². The Morgan fingerprint density at radius 2 is 2.13 bits per heavy atom. The summed E-state index contributed by atoms with van der Waals surface area (Å²) in [5.41, 5.74) is 1.11.